The summed E-state index contributed by atoms with van der Waals surface area (Å²) in [5, 5.41) is 19.4. The number of hydrogen-bond donors (Lipinski definition) is 2. The van der Waals surface area contributed by atoms with Gasteiger partial charge in [0.25, 0.3) is 0 Å². The monoisotopic (exact) mass is 374 g/mol. The van der Waals surface area contributed by atoms with Gasteiger partial charge in [0, 0.05) is 0 Å². The van der Waals surface area contributed by atoms with Gasteiger partial charge in [0.15, 0.2) is 5.60 Å². The van der Waals surface area contributed by atoms with Gasteiger partial charge in [-0.1, -0.05) is 51.2 Å². The fraction of sp³-hybridized carbons (Fsp3) is 0.609. The normalized spacial score (nSPS) is 20.8. The van der Waals surface area contributed by atoms with Crippen molar-refractivity contribution in [1.29, 1.82) is 0 Å². The number of carbonyl (C=O) groups is 1. The zero-order valence-corrected chi connectivity index (χ0v) is 17.0. The van der Waals surface area contributed by atoms with Crippen LogP contribution in [0.3, 0.4) is 0 Å². The van der Waals surface area contributed by atoms with Crippen LogP contribution in [0.1, 0.15) is 77.7 Å². The van der Waals surface area contributed by atoms with Crippen molar-refractivity contribution in [1.82, 2.24) is 0 Å². The van der Waals surface area contributed by atoms with E-state index in [1.165, 1.54) is 37.7 Å². The fourth-order valence-electron chi connectivity index (χ4n) is 3.75. The van der Waals surface area contributed by atoms with Crippen LogP contribution < -0.4 is 0 Å². The van der Waals surface area contributed by atoms with E-state index in [4.69, 9.17) is 4.74 Å². The first-order valence-electron chi connectivity index (χ1n) is 10.2. The molecule has 1 aliphatic rings. The average molecular weight is 375 g/mol. The van der Waals surface area contributed by atoms with E-state index in [0.717, 1.165) is 25.2 Å². The molecule has 0 bridgehead atoms. The minimum absolute atomic E-state index is 0.106. The number of ether oxygens (including phenoxy) is 1. The molecule has 0 aliphatic carbocycles. The van der Waals surface area contributed by atoms with Crippen molar-refractivity contribution in [2.24, 2.45) is 5.92 Å². The molecule has 2 N–H and O–H groups in total. The SMILES string of the molecule is CC1=C(O)[C@@](C)(CCCCC[C@H](C)CCCCc2ccc(O)cc2)OC1=O. The summed E-state index contributed by atoms with van der Waals surface area (Å²) in [6.07, 6.45) is 9.85. The summed E-state index contributed by atoms with van der Waals surface area (Å²) >= 11 is 0. The maximum Gasteiger partial charge on any atom is 0.338 e. The molecule has 0 fully saturated rings. The van der Waals surface area contributed by atoms with Crippen molar-refractivity contribution in [2.75, 3.05) is 0 Å². The second kappa shape index (κ2) is 9.82. The molecule has 2 atom stereocenters. The van der Waals surface area contributed by atoms with Gasteiger partial charge >= 0.3 is 5.97 Å². The van der Waals surface area contributed by atoms with E-state index in [1.807, 2.05) is 12.1 Å². The number of aryl methyl sites for hydroxylation is 1. The van der Waals surface area contributed by atoms with E-state index in [9.17, 15) is 15.0 Å². The zero-order valence-electron chi connectivity index (χ0n) is 17.0. The first kappa shape index (κ1) is 21.3. The lowest BCUT2D eigenvalue weighted by Crippen LogP contribution is -2.27. The largest absolute Gasteiger partial charge is 0.508 e. The number of benzene rings is 1. The van der Waals surface area contributed by atoms with Crippen LogP contribution in [-0.4, -0.2) is 21.8 Å². The highest BCUT2D eigenvalue weighted by Gasteiger charge is 2.42. The fourth-order valence-corrected chi connectivity index (χ4v) is 3.75. The van der Waals surface area contributed by atoms with Gasteiger partial charge in [0.1, 0.15) is 11.5 Å². The van der Waals surface area contributed by atoms with Gasteiger partial charge in [-0.15, -0.1) is 0 Å². The summed E-state index contributed by atoms with van der Waals surface area (Å²) in [4.78, 5) is 11.6. The minimum atomic E-state index is -0.818. The molecule has 0 saturated heterocycles. The Morgan fingerprint density at radius 1 is 1.00 bits per heavy atom. The molecular formula is C23H34O4. The smallest absolute Gasteiger partial charge is 0.338 e. The molecule has 1 aliphatic heterocycles. The van der Waals surface area contributed by atoms with Crippen LogP contribution in [0.5, 0.6) is 5.75 Å². The lowest BCUT2D eigenvalue weighted by atomic mass is 9.93. The third kappa shape index (κ3) is 6.30. The maximum atomic E-state index is 11.6. The second-order valence-electron chi connectivity index (χ2n) is 8.21. The molecule has 0 amide bonds. The number of aliphatic hydroxyl groups is 1. The summed E-state index contributed by atoms with van der Waals surface area (Å²) in [6, 6.07) is 7.49. The molecular weight excluding hydrogens is 340 g/mol. The molecule has 0 spiro atoms. The summed E-state index contributed by atoms with van der Waals surface area (Å²) < 4.78 is 5.33. The van der Waals surface area contributed by atoms with Crippen molar-refractivity contribution in [3.8, 4) is 5.75 Å². The van der Waals surface area contributed by atoms with Crippen LogP contribution in [-0.2, 0) is 16.0 Å². The van der Waals surface area contributed by atoms with E-state index in [1.54, 1.807) is 26.0 Å². The maximum absolute atomic E-state index is 11.6. The quantitative estimate of drug-likeness (QED) is 0.377. The Bertz CT molecular complexity index is 647. The van der Waals surface area contributed by atoms with Crippen LogP contribution >= 0.6 is 0 Å². The number of aromatic hydroxyl groups is 1. The van der Waals surface area contributed by atoms with Gasteiger partial charge in [0.2, 0.25) is 0 Å². The molecule has 0 aromatic heterocycles. The van der Waals surface area contributed by atoms with Crippen LogP contribution in [0.2, 0.25) is 0 Å². The van der Waals surface area contributed by atoms with E-state index < -0.39 is 11.6 Å². The van der Waals surface area contributed by atoms with Gasteiger partial charge in [-0.3, -0.25) is 0 Å². The molecule has 2 rings (SSSR count). The number of esters is 1. The molecule has 1 heterocycles. The number of phenols is 1. The molecule has 0 unspecified atom stereocenters. The van der Waals surface area contributed by atoms with E-state index in [-0.39, 0.29) is 5.76 Å². The third-order valence-corrected chi connectivity index (χ3v) is 5.68. The van der Waals surface area contributed by atoms with Crippen molar-refractivity contribution >= 4 is 5.97 Å². The first-order valence-corrected chi connectivity index (χ1v) is 10.2. The lowest BCUT2D eigenvalue weighted by molar-refractivity contribution is -0.147. The zero-order chi connectivity index (χ0) is 19.9. The van der Waals surface area contributed by atoms with Gasteiger partial charge in [-0.05, 0) is 63.1 Å². The number of unbranched alkanes of at least 4 members (excludes halogenated alkanes) is 3. The summed E-state index contributed by atoms with van der Waals surface area (Å²) in [5.74, 6) is 0.763. The second-order valence-corrected chi connectivity index (χ2v) is 8.21. The summed E-state index contributed by atoms with van der Waals surface area (Å²) in [7, 11) is 0. The Morgan fingerprint density at radius 3 is 2.22 bits per heavy atom. The molecule has 27 heavy (non-hydrogen) atoms. The molecule has 1 aromatic carbocycles. The first-order chi connectivity index (χ1) is 12.8. The molecule has 0 saturated carbocycles. The molecule has 4 heteroatoms. The Balaban J connectivity index is 1.53. The summed E-state index contributed by atoms with van der Waals surface area (Å²) in [6.45, 7) is 5.73. The lowest BCUT2D eigenvalue weighted by Gasteiger charge is -2.23. The van der Waals surface area contributed by atoms with E-state index >= 15 is 0 Å². The average Bonchev–Trinajstić information content (AvgIpc) is 2.83. The topological polar surface area (TPSA) is 66.8 Å². The Labute approximate surface area is 163 Å². The molecule has 4 nitrogen and oxygen atoms in total. The molecule has 1 aromatic rings. The van der Waals surface area contributed by atoms with Gasteiger partial charge in [-0.25, -0.2) is 4.79 Å². The third-order valence-electron chi connectivity index (χ3n) is 5.68. The van der Waals surface area contributed by atoms with Crippen molar-refractivity contribution in [3.05, 3.63) is 41.2 Å². The van der Waals surface area contributed by atoms with Crippen LogP contribution in [0.15, 0.2) is 35.6 Å². The number of hydrogen-bond acceptors (Lipinski definition) is 4. The predicted molar refractivity (Wildman–Crippen MR) is 108 cm³/mol. The number of cyclic esters (lactones) is 1. The van der Waals surface area contributed by atoms with Crippen LogP contribution in [0, 0.1) is 5.92 Å². The molecule has 150 valence electrons. The van der Waals surface area contributed by atoms with Gasteiger partial charge in [-0.2, -0.15) is 0 Å². The Kier molecular flexibility index (Phi) is 7.76. The Hall–Kier alpha value is -1.97. The van der Waals surface area contributed by atoms with Crippen molar-refractivity contribution in [3.63, 3.8) is 0 Å². The number of carbonyl (C=O) groups excluding carboxylic acids is 1. The highest BCUT2D eigenvalue weighted by atomic mass is 16.6. The molecule has 0 radical (unpaired) electrons. The van der Waals surface area contributed by atoms with E-state index in [2.05, 4.69) is 6.92 Å². The highest BCUT2D eigenvalue weighted by Crippen LogP contribution is 2.35. The number of phenolic OH excluding ortho intramolecular Hbond substituents is 1. The van der Waals surface area contributed by atoms with Crippen LogP contribution in [0.4, 0.5) is 0 Å². The standard InChI is InChI=1S/C23H34O4/c1-17(10-6-7-11-19-12-14-20(24)15-13-19)9-5-4-8-16-23(3)21(25)18(2)22(26)27-23/h12-15,17,24-25H,4-11,16H2,1-3H3/t17-,23+/m0/s1. The number of rotatable bonds is 11. The Morgan fingerprint density at radius 2 is 1.63 bits per heavy atom. The van der Waals surface area contributed by atoms with Crippen molar-refractivity contribution < 1.29 is 19.7 Å². The summed E-state index contributed by atoms with van der Waals surface area (Å²) in [5.41, 5.74) is 0.814. The minimum Gasteiger partial charge on any atom is -0.508 e. The van der Waals surface area contributed by atoms with Crippen molar-refractivity contribution in [2.45, 2.75) is 84.2 Å². The number of aliphatic hydroxyl groups excluding tert-OH is 1. The van der Waals surface area contributed by atoms with Gasteiger partial charge in [0.05, 0.1) is 5.57 Å². The van der Waals surface area contributed by atoms with E-state index in [0.29, 0.717) is 17.7 Å². The highest BCUT2D eigenvalue weighted by molar-refractivity contribution is 5.91. The van der Waals surface area contributed by atoms with Gasteiger partial charge < -0.3 is 14.9 Å². The van der Waals surface area contributed by atoms with Crippen LogP contribution in [0.25, 0.3) is 0 Å². The predicted octanol–water partition coefficient (Wildman–Crippen LogP) is 5.84.